The second-order valence-corrected chi connectivity index (χ2v) is 5.51. The quantitative estimate of drug-likeness (QED) is 0.570. The van der Waals surface area contributed by atoms with E-state index in [0.717, 1.165) is 32.7 Å². The summed E-state index contributed by atoms with van der Waals surface area (Å²) in [5, 5.41) is 5.15. The summed E-state index contributed by atoms with van der Waals surface area (Å²) in [4.78, 5) is 5.54. The highest BCUT2D eigenvalue weighted by Crippen LogP contribution is 2.28. The van der Waals surface area contributed by atoms with E-state index in [-0.39, 0.29) is 6.04 Å². The fraction of sp³-hybridized carbons (Fsp3) is 0.214. The normalized spacial score (nSPS) is 12.8. The topological polar surface area (TPSA) is 76.7 Å². The molecular formula is C14H15N5S. The molecule has 2 aromatic heterocycles. The number of hydrogen-bond acceptors (Lipinski definition) is 6. The third-order valence-corrected chi connectivity index (χ3v) is 4.19. The third kappa shape index (κ3) is 2.29. The first kappa shape index (κ1) is 13.1. The molecule has 0 radical (unpaired) electrons. The Labute approximate surface area is 121 Å². The van der Waals surface area contributed by atoms with E-state index >= 15 is 0 Å². The number of aromatic nitrogens is 3. The van der Waals surface area contributed by atoms with Crippen LogP contribution in [0.5, 0.6) is 0 Å². The van der Waals surface area contributed by atoms with Gasteiger partial charge in [-0.2, -0.15) is 0 Å². The molecular weight excluding hydrogens is 270 g/mol. The summed E-state index contributed by atoms with van der Waals surface area (Å²) in [5.41, 5.74) is 6.84. The lowest BCUT2D eigenvalue weighted by Crippen LogP contribution is -2.28. The van der Waals surface area contributed by atoms with E-state index in [1.165, 1.54) is 11.5 Å². The van der Waals surface area contributed by atoms with Crippen molar-refractivity contribution in [2.24, 2.45) is 5.84 Å². The van der Waals surface area contributed by atoms with Gasteiger partial charge in [0.05, 0.1) is 22.1 Å². The Morgan fingerprint density at radius 2 is 2.05 bits per heavy atom. The molecule has 20 heavy (non-hydrogen) atoms. The summed E-state index contributed by atoms with van der Waals surface area (Å²) in [5.74, 6) is 5.72. The first-order chi connectivity index (χ1) is 9.69. The summed E-state index contributed by atoms with van der Waals surface area (Å²) in [7, 11) is 0. The minimum Gasteiger partial charge on any atom is -0.271 e. The second kappa shape index (κ2) is 5.24. The van der Waals surface area contributed by atoms with Gasteiger partial charge in [0, 0.05) is 11.1 Å². The SMILES string of the molecule is Cc1ccc2cc(C(NN)c3snnc3C)ccc2n1. The number of nitrogens with zero attached hydrogens (tertiary/aromatic N) is 3. The van der Waals surface area contributed by atoms with Crippen LogP contribution in [0.4, 0.5) is 0 Å². The molecule has 0 spiro atoms. The molecule has 0 aliphatic carbocycles. The smallest absolute Gasteiger partial charge is 0.0837 e. The van der Waals surface area contributed by atoms with E-state index in [4.69, 9.17) is 5.84 Å². The molecule has 3 N–H and O–H groups in total. The Morgan fingerprint density at radius 1 is 1.20 bits per heavy atom. The van der Waals surface area contributed by atoms with Crippen molar-refractivity contribution in [3.8, 4) is 0 Å². The van der Waals surface area contributed by atoms with Crippen molar-refractivity contribution in [1.29, 1.82) is 0 Å². The zero-order valence-electron chi connectivity index (χ0n) is 11.3. The van der Waals surface area contributed by atoms with Crippen molar-refractivity contribution in [1.82, 2.24) is 20.0 Å². The largest absolute Gasteiger partial charge is 0.271 e. The van der Waals surface area contributed by atoms with E-state index in [9.17, 15) is 0 Å². The molecule has 1 unspecified atom stereocenters. The van der Waals surface area contributed by atoms with Crippen LogP contribution < -0.4 is 11.3 Å². The van der Waals surface area contributed by atoms with Gasteiger partial charge in [-0.15, -0.1) is 5.10 Å². The van der Waals surface area contributed by atoms with Gasteiger partial charge < -0.3 is 0 Å². The van der Waals surface area contributed by atoms with Crippen LogP contribution in [0.1, 0.15) is 27.9 Å². The van der Waals surface area contributed by atoms with Crippen LogP contribution in [0, 0.1) is 13.8 Å². The van der Waals surface area contributed by atoms with E-state index in [2.05, 4.69) is 32.1 Å². The lowest BCUT2D eigenvalue weighted by atomic mass is 10.0. The fourth-order valence-electron chi connectivity index (χ4n) is 2.25. The maximum absolute atomic E-state index is 5.72. The van der Waals surface area contributed by atoms with E-state index in [1.54, 1.807) is 0 Å². The second-order valence-electron chi connectivity index (χ2n) is 4.73. The average molecular weight is 285 g/mol. The summed E-state index contributed by atoms with van der Waals surface area (Å²) < 4.78 is 3.97. The van der Waals surface area contributed by atoms with E-state index < -0.39 is 0 Å². The van der Waals surface area contributed by atoms with Gasteiger partial charge in [0.1, 0.15) is 0 Å². The van der Waals surface area contributed by atoms with Crippen molar-refractivity contribution in [3.05, 3.63) is 52.2 Å². The molecule has 0 amide bonds. The van der Waals surface area contributed by atoms with Crippen LogP contribution in [0.3, 0.4) is 0 Å². The predicted molar refractivity (Wildman–Crippen MR) is 80.3 cm³/mol. The molecule has 0 bridgehead atoms. The van der Waals surface area contributed by atoms with Crippen molar-refractivity contribution in [3.63, 3.8) is 0 Å². The van der Waals surface area contributed by atoms with Gasteiger partial charge in [-0.25, -0.2) is 5.43 Å². The number of aryl methyl sites for hydroxylation is 2. The summed E-state index contributed by atoms with van der Waals surface area (Å²) in [6, 6.07) is 10.2. The van der Waals surface area contributed by atoms with Crippen LogP contribution in [0.2, 0.25) is 0 Å². The fourth-order valence-corrected chi connectivity index (χ4v) is 2.99. The number of hydrazine groups is 1. The van der Waals surface area contributed by atoms with Crippen LogP contribution in [-0.2, 0) is 0 Å². The highest BCUT2D eigenvalue weighted by atomic mass is 32.1. The molecule has 0 saturated heterocycles. The molecule has 0 aliphatic rings. The van der Waals surface area contributed by atoms with E-state index in [0.29, 0.717) is 0 Å². The molecule has 6 heteroatoms. The zero-order valence-corrected chi connectivity index (χ0v) is 12.1. The Balaban J connectivity index is 2.08. The standard InChI is InChI=1S/C14H15N5S/c1-8-3-4-10-7-11(5-6-12(10)16-8)13(17-15)14-9(2)18-19-20-14/h3-7,13,17H,15H2,1-2H3. The summed E-state index contributed by atoms with van der Waals surface area (Å²) >= 11 is 1.37. The number of rotatable bonds is 3. The Morgan fingerprint density at radius 3 is 2.75 bits per heavy atom. The first-order valence-corrected chi connectivity index (χ1v) is 7.08. The molecule has 0 saturated carbocycles. The Bertz CT molecular complexity index is 752. The lowest BCUT2D eigenvalue weighted by Gasteiger charge is -2.15. The molecule has 1 atom stereocenters. The van der Waals surface area contributed by atoms with Gasteiger partial charge in [0.15, 0.2) is 0 Å². The van der Waals surface area contributed by atoms with Gasteiger partial charge in [-0.3, -0.25) is 10.8 Å². The molecule has 1 aromatic carbocycles. The molecule has 0 aliphatic heterocycles. The molecule has 3 rings (SSSR count). The maximum Gasteiger partial charge on any atom is 0.0837 e. The molecule has 3 aromatic rings. The van der Waals surface area contributed by atoms with Gasteiger partial charge in [0.25, 0.3) is 0 Å². The van der Waals surface area contributed by atoms with Gasteiger partial charge in [0.2, 0.25) is 0 Å². The molecule has 5 nitrogen and oxygen atoms in total. The minimum atomic E-state index is -0.0966. The highest BCUT2D eigenvalue weighted by molar-refractivity contribution is 7.05. The van der Waals surface area contributed by atoms with Gasteiger partial charge in [-0.05, 0) is 49.1 Å². The average Bonchev–Trinajstić information content (AvgIpc) is 2.86. The predicted octanol–water partition coefficient (Wildman–Crippen LogP) is 2.26. The van der Waals surface area contributed by atoms with Crippen molar-refractivity contribution < 1.29 is 0 Å². The maximum atomic E-state index is 5.72. The van der Waals surface area contributed by atoms with Gasteiger partial charge >= 0.3 is 0 Å². The van der Waals surface area contributed by atoms with Crippen LogP contribution in [-0.4, -0.2) is 14.6 Å². The molecule has 0 fully saturated rings. The van der Waals surface area contributed by atoms with E-state index in [1.807, 2.05) is 32.0 Å². The lowest BCUT2D eigenvalue weighted by molar-refractivity contribution is 0.642. The van der Waals surface area contributed by atoms with Crippen LogP contribution in [0.25, 0.3) is 10.9 Å². The summed E-state index contributed by atoms with van der Waals surface area (Å²) in [6.45, 7) is 3.93. The van der Waals surface area contributed by atoms with Crippen LogP contribution in [0.15, 0.2) is 30.3 Å². The number of hydrogen-bond donors (Lipinski definition) is 2. The zero-order chi connectivity index (χ0) is 14.1. The van der Waals surface area contributed by atoms with Crippen molar-refractivity contribution in [2.75, 3.05) is 0 Å². The first-order valence-electron chi connectivity index (χ1n) is 6.31. The number of benzene rings is 1. The van der Waals surface area contributed by atoms with Crippen molar-refractivity contribution >= 4 is 22.4 Å². The summed E-state index contributed by atoms with van der Waals surface area (Å²) in [6.07, 6.45) is 0. The minimum absolute atomic E-state index is 0.0966. The monoisotopic (exact) mass is 285 g/mol. The number of nitrogens with one attached hydrogen (secondary N) is 1. The third-order valence-electron chi connectivity index (χ3n) is 3.30. The number of pyridine rings is 1. The number of nitrogens with two attached hydrogens (primary N) is 1. The molecule has 2 heterocycles. The Hall–Kier alpha value is -1.89. The molecule has 102 valence electrons. The van der Waals surface area contributed by atoms with Crippen LogP contribution >= 0.6 is 11.5 Å². The van der Waals surface area contributed by atoms with Crippen molar-refractivity contribution in [2.45, 2.75) is 19.9 Å². The van der Waals surface area contributed by atoms with Gasteiger partial charge in [-0.1, -0.05) is 16.6 Å². The number of fused-ring (bicyclic) bond motifs is 1. The highest BCUT2D eigenvalue weighted by Gasteiger charge is 2.18. The Kier molecular flexibility index (Phi) is 3.43.